The molecule has 0 saturated carbocycles. The number of phenolic OH excluding ortho intramolecular Hbond substituents is 1. The minimum atomic E-state index is -0.985. The number of nitrogens with one attached hydrogen (secondary N) is 1. The van der Waals surface area contributed by atoms with Gasteiger partial charge < -0.3 is 19.9 Å². The summed E-state index contributed by atoms with van der Waals surface area (Å²) in [7, 11) is 0. The Morgan fingerprint density at radius 3 is 2.70 bits per heavy atom. The number of hydrogen-bond acceptors (Lipinski definition) is 6. The number of ether oxygens (including phenoxy) is 2. The number of halogens is 1. The summed E-state index contributed by atoms with van der Waals surface area (Å²) in [6, 6.07) is 9.43. The van der Waals surface area contributed by atoms with E-state index in [9.17, 15) is 19.5 Å². The Balaban J connectivity index is 1.90. The number of aromatic hydroxyl groups is 1. The van der Waals surface area contributed by atoms with Crippen molar-refractivity contribution in [3.8, 4) is 5.75 Å². The van der Waals surface area contributed by atoms with E-state index in [0.717, 1.165) is 5.56 Å². The Bertz CT molecular complexity index is 975. The largest absolute Gasteiger partial charge is 0.506 e. The van der Waals surface area contributed by atoms with Crippen LogP contribution in [-0.4, -0.2) is 41.7 Å². The van der Waals surface area contributed by atoms with Crippen LogP contribution in [0.5, 0.6) is 5.75 Å². The molecular formula is C22H22ClNO6. The van der Waals surface area contributed by atoms with Gasteiger partial charge in [-0.25, -0.2) is 9.59 Å². The zero-order chi connectivity index (χ0) is 21.8. The summed E-state index contributed by atoms with van der Waals surface area (Å²) in [6.45, 7) is 3.53. The molecule has 8 heteroatoms. The van der Waals surface area contributed by atoms with Gasteiger partial charge in [0.1, 0.15) is 23.5 Å². The van der Waals surface area contributed by atoms with Gasteiger partial charge >= 0.3 is 11.9 Å². The van der Waals surface area contributed by atoms with Gasteiger partial charge in [0.2, 0.25) is 0 Å². The Kier molecular flexibility index (Phi) is 6.62. The monoisotopic (exact) mass is 431 g/mol. The topological polar surface area (TPSA) is 102 Å². The molecule has 0 aromatic heterocycles. The summed E-state index contributed by atoms with van der Waals surface area (Å²) in [5, 5.41) is 13.3. The second-order valence-corrected chi connectivity index (χ2v) is 7.40. The van der Waals surface area contributed by atoms with Crippen LogP contribution in [0.2, 0.25) is 5.02 Å². The third-order valence-corrected chi connectivity index (χ3v) is 5.10. The fourth-order valence-electron chi connectivity index (χ4n) is 3.36. The highest BCUT2D eigenvalue weighted by Crippen LogP contribution is 2.36. The summed E-state index contributed by atoms with van der Waals surface area (Å²) >= 11 is 6.28. The number of carbonyl (C=O) groups excluding carboxylic acids is 3. The lowest BCUT2D eigenvalue weighted by Crippen LogP contribution is -2.43. The van der Waals surface area contributed by atoms with Crippen molar-refractivity contribution < 1.29 is 29.0 Å². The molecule has 2 aromatic carbocycles. The molecule has 0 aliphatic carbocycles. The minimum Gasteiger partial charge on any atom is -0.506 e. The lowest BCUT2D eigenvalue weighted by atomic mass is 9.95. The Morgan fingerprint density at radius 1 is 1.33 bits per heavy atom. The highest BCUT2D eigenvalue weighted by molar-refractivity contribution is 6.32. The SMILES string of the molecule is CCOC(=O)[C@@H](Cc1ccccc1)NC(=O)c1cc(Cl)c2c(c1O)C(=O)O[C@H](C)C2. The molecule has 7 nitrogen and oxygen atoms in total. The average molecular weight is 432 g/mol. The molecule has 0 saturated heterocycles. The molecule has 0 fully saturated rings. The predicted molar refractivity (Wildman–Crippen MR) is 110 cm³/mol. The summed E-state index contributed by atoms with van der Waals surface area (Å²) in [5.74, 6) is -2.63. The zero-order valence-electron chi connectivity index (χ0n) is 16.6. The number of cyclic esters (lactones) is 1. The Morgan fingerprint density at radius 2 is 2.03 bits per heavy atom. The molecule has 1 aliphatic rings. The van der Waals surface area contributed by atoms with Crippen molar-refractivity contribution in [3.63, 3.8) is 0 Å². The molecule has 1 amide bonds. The van der Waals surface area contributed by atoms with Gasteiger partial charge in [-0.3, -0.25) is 4.79 Å². The fraction of sp³-hybridized carbons (Fsp3) is 0.318. The summed E-state index contributed by atoms with van der Waals surface area (Å²) in [6.07, 6.45) is 0.139. The van der Waals surface area contributed by atoms with Crippen LogP contribution in [0.25, 0.3) is 0 Å². The number of rotatable bonds is 6. The van der Waals surface area contributed by atoms with Crippen LogP contribution in [0.4, 0.5) is 0 Å². The second-order valence-electron chi connectivity index (χ2n) is 7.00. The number of amides is 1. The molecule has 2 atom stereocenters. The lowest BCUT2D eigenvalue weighted by molar-refractivity contribution is -0.145. The summed E-state index contributed by atoms with van der Waals surface area (Å²) < 4.78 is 10.2. The number of carbonyl (C=O) groups is 3. The molecule has 0 unspecified atom stereocenters. The maximum Gasteiger partial charge on any atom is 0.342 e. The van der Waals surface area contributed by atoms with Gasteiger partial charge in [-0.15, -0.1) is 0 Å². The smallest absolute Gasteiger partial charge is 0.342 e. The first-order valence-electron chi connectivity index (χ1n) is 9.58. The van der Waals surface area contributed by atoms with Crippen LogP contribution < -0.4 is 5.32 Å². The minimum absolute atomic E-state index is 0.124. The molecule has 0 radical (unpaired) electrons. The van der Waals surface area contributed by atoms with Gasteiger partial charge in [0, 0.05) is 17.9 Å². The van der Waals surface area contributed by atoms with E-state index in [1.54, 1.807) is 13.8 Å². The summed E-state index contributed by atoms with van der Waals surface area (Å²) in [4.78, 5) is 37.5. The molecular weight excluding hydrogens is 410 g/mol. The van der Waals surface area contributed by atoms with E-state index in [4.69, 9.17) is 21.1 Å². The predicted octanol–water partition coefficient (Wildman–Crippen LogP) is 3.05. The molecule has 0 spiro atoms. The van der Waals surface area contributed by atoms with Gasteiger partial charge in [0.05, 0.1) is 12.2 Å². The first-order chi connectivity index (χ1) is 14.3. The van der Waals surface area contributed by atoms with Gasteiger partial charge in [-0.1, -0.05) is 41.9 Å². The first-order valence-corrected chi connectivity index (χ1v) is 9.96. The Labute approximate surface area is 178 Å². The van der Waals surface area contributed by atoms with Crippen molar-refractivity contribution >= 4 is 29.4 Å². The normalized spacial score (nSPS) is 16.2. The van der Waals surface area contributed by atoms with Crippen molar-refractivity contribution in [2.75, 3.05) is 6.61 Å². The van der Waals surface area contributed by atoms with Gasteiger partial charge in [0.25, 0.3) is 5.91 Å². The van der Waals surface area contributed by atoms with E-state index in [1.165, 1.54) is 6.07 Å². The van der Waals surface area contributed by atoms with Crippen LogP contribution in [0.1, 0.15) is 45.7 Å². The van der Waals surface area contributed by atoms with E-state index in [0.29, 0.717) is 12.0 Å². The van der Waals surface area contributed by atoms with Crippen LogP contribution in [-0.2, 0) is 27.1 Å². The van der Waals surface area contributed by atoms with E-state index < -0.39 is 29.6 Å². The quantitative estimate of drug-likeness (QED) is 0.681. The molecule has 3 rings (SSSR count). The molecule has 2 N–H and O–H groups in total. The van der Waals surface area contributed by atoms with Crippen LogP contribution in [0.15, 0.2) is 36.4 Å². The van der Waals surface area contributed by atoms with Crippen molar-refractivity contribution in [2.24, 2.45) is 0 Å². The third-order valence-electron chi connectivity index (χ3n) is 4.76. The van der Waals surface area contributed by atoms with Gasteiger partial charge in [-0.05, 0) is 31.0 Å². The number of hydrogen-bond donors (Lipinski definition) is 2. The van der Waals surface area contributed by atoms with Gasteiger partial charge in [0.15, 0.2) is 0 Å². The first kappa shape index (κ1) is 21.6. The van der Waals surface area contributed by atoms with Crippen molar-refractivity contribution in [1.82, 2.24) is 5.32 Å². The van der Waals surface area contributed by atoms with E-state index in [-0.39, 0.29) is 35.3 Å². The second kappa shape index (κ2) is 9.17. The molecule has 1 aliphatic heterocycles. The molecule has 2 aromatic rings. The zero-order valence-corrected chi connectivity index (χ0v) is 17.4. The number of fused-ring (bicyclic) bond motifs is 1. The maximum absolute atomic E-state index is 12.9. The van der Waals surface area contributed by atoms with E-state index in [2.05, 4.69) is 5.32 Å². The van der Waals surface area contributed by atoms with Crippen molar-refractivity contribution in [2.45, 2.75) is 38.8 Å². The fourth-order valence-corrected chi connectivity index (χ4v) is 3.65. The third kappa shape index (κ3) is 4.57. The van der Waals surface area contributed by atoms with E-state index in [1.807, 2.05) is 30.3 Å². The standard InChI is InChI=1S/C22H22ClNO6/c1-3-29-21(27)17(10-13-7-5-4-6-8-13)24-20(26)15-11-16(23)14-9-12(2)30-22(28)18(14)19(15)25/h4-8,11-12,17,25H,3,9-10H2,1-2H3,(H,24,26)/t12-,17-/m1/s1. The Hall–Kier alpha value is -3.06. The molecule has 158 valence electrons. The maximum atomic E-state index is 12.9. The lowest BCUT2D eigenvalue weighted by Gasteiger charge is -2.24. The highest BCUT2D eigenvalue weighted by Gasteiger charge is 2.33. The average Bonchev–Trinajstić information content (AvgIpc) is 2.70. The molecule has 0 bridgehead atoms. The number of phenols is 1. The molecule has 1 heterocycles. The number of benzene rings is 2. The van der Waals surface area contributed by atoms with Crippen molar-refractivity contribution in [3.05, 3.63) is 63.7 Å². The summed E-state index contributed by atoms with van der Waals surface area (Å²) in [5.41, 5.74) is 0.913. The van der Waals surface area contributed by atoms with Crippen LogP contribution in [0, 0.1) is 0 Å². The number of esters is 2. The van der Waals surface area contributed by atoms with Crippen LogP contribution >= 0.6 is 11.6 Å². The van der Waals surface area contributed by atoms with Gasteiger partial charge in [-0.2, -0.15) is 0 Å². The van der Waals surface area contributed by atoms with Crippen LogP contribution in [0.3, 0.4) is 0 Å². The molecule has 30 heavy (non-hydrogen) atoms. The van der Waals surface area contributed by atoms with Crippen molar-refractivity contribution in [1.29, 1.82) is 0 Å². The highest BCUT2D eigenvalue weighted by atomic mass is 35.5. The van der Waals surface area contributed by atoms with E-state index >= 15 is 0 Å².